The van der Waals surface area contributed by atoms with Crippen molar-refractivity contribution in [3.05, 3.63) is 5.82 Å². The number of fused-ring (bicyclic) bond motifs is 1. The van der Waals surface area contributed by atoms with E-state index in [2.05, 4.69) is 20.4 Å². The quantitative estimate of drug-likeness (QED) is 0.713. The Morgan fingerprint density at radius 3 is 2.80 bits per heavy atom. The maximum absolute atomic E-state index is 6.22. The second kappa shape index (κ2) is 7.29. The summed E-state index contributed by atoms with van der Waals surface area (Å²) in [7, 11) is 1.90. The first-order valence-electron chi connectivity index (χ1n) is 9.84. The fraction of sp³-hybridized carbons (Fsp3) is 0.944. The molecule has 7 heteroatoms. The molecular weight excluding hydrogens is 318 g/mol. The molecule has 3 atom stereocenters. The van der Waals surface area contributed by atoms with Crippen molar-refractivity contribution in [3.63, 3.8) is 0 Å². The van der Waals surface area contributed by atoms with E-state index in [0.717, 1.165) is 70.1 Å². The Morgan fingerprint density at radius 1 is 1.20 bits per heavy atom. The third-order valence-electron chi connectivity index (χ3n) is 6.44. The molecule has 3 fully saturated rings. The molecule has 0 aromatic carbocycles. The minimum atomic E-state index is 0.0458. The van der Waals surface area contributed by atoms with Crippen LogP contribution in [0.5, 0.6) is 0 Å². The summed E-state index contributed by atoms with van der Waals surface area (Å²) in [6.07, 6.45) is 8.74. The largest absolute Gasteiger partial charge is 0.378 e. The summed E-state index contributed by atoms with van der Waals surface area (Å²) in [6, 6.07) is 0.491. The molecule has 0 spiro atoms. The number of ether oxygens (including phenoxy) is 2. The number of likely N-dealkylation sites (tertiary alicyclic amines) is 1. The zero-order chi connectivity index (χ0) is 17.3. The minimum absolute atomic E-state index is 0.0458. The van der Waals surface area contributed by atoms with E-state index in [1.165, 1.54) is 12.8 Å². The normalized spacial score (nSPS) is 32.9. The van der Waals surface area contributed by atoms with E-state index in [-0.39, 0.29) is 5.60 Å². The Hall–Kier alpha value is -1.05. The summed E-state index contributed by atoms with van der Waals surface area (Å²) < 4.78 is 14.2. The van der Waals surface area contributed by atoms with E-state index in [0.29, 0.717) is 12.1 Å². The van der Waals surface area contributed by atoms with Crippen molar-refractivity contribution < 1.29 is 9.47 Å². The highest BCUT2D eigenvalue weighted by atomic mass is 16.5. The molecule has 0 bridgehead atoms. The maximum atomic E-state index is 6.22. The Balaban J connectivity index is 1.32. The molecule has 0 unspecified atom stereocenters. The van der Waals surface area contributed by atoms with Gasteiger partial charge in [0.15, 0.2) is 0 Å². The third kappa shape index (κ3) is 3.73. The number of hydrogen-bond donors (Lipinski definition) is 0. The van der Waals surface area contributed by atoms with E-state index in [9.17, 15) is 0 Å². The number of rotatable bonds is 8. The van der Waals surface area contributed by atoms with E-state index >= 15 is 0 Å². The summed E-state index contributed by atoms with van der Waals surface area (Å²) in [4.78, 5) is 2.62. The van der Waals surface area contributed by atoms with Crippen LogP contribution in [0, 0.1) is 12.8 Å². The first-order valence-corrected chi connectivity index (χ1v) is 9.84. The average molecular weight is 349 g/mol. The number of nitrogens with zero attached hydrogens (tertiary/aromatic N) is 5. The zero-order valence-corrected chi connectivity index (χ0v) is 15.6. The van der Waals surface area contributed by atoms with Gasteiger partial charge >= 0.3 is 0 Å². The Kier molecular flexibility index (Phi) is 5.06. The number of hydrogen-bond acceptors (Lipinski definition) is 6. The maximum Gasteiger partial charge on any atom is 0.148 e. The van der Waals surface area contributed by atoms with Gasteiger partial charge in [0, 0.05) is 39.4 Å². The molecule has 4 rings (SSSR count). The summed E-state index contributed by atoms with van der Waals surface area (Å²) in [6.45, 7) is 6.00. The van der Waals surface area contributed by atoms with Crippen LogP contribution in [0.15, 0.2) is 0 Å². The topological polar surface area (TPSA) is 65.3 Å². The fourth-order valence-corrected chi connectivity index (χ4v) is 4.61. The van der Waals surface area contributed by atoms with Gasteiger partial charge in [-0.05, 0) is 68.2 Å². The first-order chi connectivity index (χ1) is 12.2. The number of methoxy groups -OCH3 is 1. The lowest BCUT2D eigenvalue weighted by Crippen LogP contribution is -2.52. The molecule has 1 saturated heterocycles. The molecule has 1 aromatic heterocycles. The molecule has 2 saturated carbocycles. The third-order valence-corrected chi connectivity index (χ3v) is 6.44. The van der Waals surface area contributed by atoms with Crippen molar-refractivity contribution in [2.75, 3.05) is 26.8 Å². The lowest BCUT2D eigenvalue weighted by atomic mass is 9.79. The first kappa shape index (κ1) is 17.4. The highest BCUT2D eigenvalue weighted by Gasteiger charge is 2.51. The highest BCUT2D eigenvalue weighted by molar-refractivity contribution is 5.05. The molecule has 1 aromatic rings. The molecule has 3 aliphatic rings. The molecule has 7 nitrogen and oxygen atoms in total. The van der Waals surface area contributed by atoms with E-state index in [1.54, 1.807) is 0 Å². The lowest BCUT2D eigenvalue weighted by Gasteiger charge is -2.43. The van der Waals surface area contributed by atoms with Gasteiger partial charge in [0.25, 0.3) is 0 Å². The summed E-state index contributed by atoms with van der Waals surface area (Å²) in [5.41, 5.74) is 0.0458. The summed E-state index contributed by atoms with van der Waals surface area (Å²) in [5, 5.41) is 11.7. The van der Waals surface area contributed by atoms with Crippen molar-refractivity contribution >= 4 is 0 Å². The minimum Gasteiger partial charge on any atom is -0.378 e. The van der Waals surface area contributed by atoms with Crippen LogP contribution >= 0.6 is 0 Å². The van der Waals surface area contributed by atoms with Gasteiger partial charge in [-0.1, -0.05) is 0 Å². The molecule has 0 radical (unpaired) electrons. The van der Waals surface area contributed by atoms with Crippen LogP contribution in [0.4, 0.5) is 0 Å². The van der Waals surface area contributed by atoms with E-state index < -0.39 is 0 Å². The predicted molar refractivity (Wildman–Crippen MR) is 93.2 cm³/mol. The molecule has 1 aliphatic heterocycles. The van der Waals surface area contributed by atoms with Crippen molar-refractivity contribution in [2.24, 2.45) is 5.92 Å². The van der Waals surface area contributed by atoms with E-state index in [4.69, 9.17) is 9.47 Å². The van der Waals surface area contributed by atoms with Crippen LogP contribution in [0.2, 0.25) is 0 Å². The van der Waals surface area contributed by atoms with Crippen molar-refractivity contribution in [3.8, 4) is 0 Å². The SMILES string of the molecule is CO[C@@]12CC[C@H](OCC3CC3)C[C@@H]1N(CCCn1nnnc1C)CC2. The van der Waals surface area contributed by atoms with Gasteiger partial charge in [0.1, 0.15) is 5.82 Å². The van der Waals surface area contributed by atoms with Gasteiger partial charge in [0.05, 0.1) is 11.7 Å². The smallest absolute Gasteiger partial charge is 0.148 e. The van der Waals surface area contributed by atoms with Gasteiger partial charge < -0.3 is 9.47 Å². The lowest BCUT2D eigenvalue weighted by molar-refractivity contribution is -0.102. The molecule has 25 heavy (non-hydrogen) atoms. The van der Waals surface area contributed by atoms with Gasteiger partial charge in [-0.3, -0.25) is 4.90 Å². The van der Waals surface area contributed by atoms with Crippen LogP contribution in [0.25, 0.3) is 0 Å². The summed E-state index contributed by atoms with van der Waals surface area (Å²) >= 11 is 0. The summed E-state index contributed by atoms with van der Waals surface area (Å²) in [5.74, 6) is 1.73. The molecule has 2 aliphatic carbocycles. The van der Waals surface area contributed by atoms with Crippen LogP contribution < -0.4 is 0 Å². The van der Waals surface area contributed by atoms with E-state index in [1.807, 2.05) is 18.7 Å². The second-order valence-electron chi connectivity index (χ2n) is 8.05. The average Bonchev–Trinajstić information content (AvgIpc) is 3.27. The standard InChI is InChI=1S/C18H31N5O2/c1-14-19-20-21-23(14)10-3-9-22-11-8-18(24-2)7-6-16(12-17(18)22)25-13-15-4-5-15/h15-17H,3-13H2,1-2H3/t16-,17-,18+/m0/s1. The van der Waals surface area contributed by atoms with Crippen molar-refractivity contribution in [2.45, 2.75) is 76.2 Å². The molecule has 0 amide bonds. The Labute approximate surface area is 150 Å². The van der Waals surface area contributed by atoms with Crippen LogP contribution in [0.1, 0.15) is 50.8 Å². The predicted octanol–water partition coefficient (Wildman–Crippen LogP) is 1.81. The number of aromatic nitrogens is 4. The second-order valence-corrected chi connectivity index (χ2v) is 8.05. The zero-order valence-electron chi connectivity index (χ0n) is 15.6. The Bertz CT molecular complexity index is 576. The van der Waals surface area contributed by atoms with Gasteiger partial charge in [-0.2, -0.15) is 0 Å². The molecular formula is C18H31N5O2. The molecule has 2 heterocycles. The van der Waals surface area contributed by atoms with Crippen LogP contribution in [0.3, 0.4) is 0 Å². The molecule has 0 N–H and O–H groups in total. The van der Waals surface area contributed by atoms with Gasteiger partial charge in [0.2, 0.25) is 0 Å². The highest BCUT2D eigenvalue weighted by Crippen LogP contribution is 2.43. The van der Waals surface area contributed by atoms with Crippen molar-refractivity contribution in [1.29, 1.82) is 0 Å². The number of aryl methyl sites for hydroxylation is 2. The Morgan fingerprint density at radius 2 is 2.08 bits per heavy atom. The monoisotopic (exact) mass is 349 g/mol. The van der Waals surface area contributed by atoms with Crippen LogP contribution in [-0.4, -0.2) is 69.7 Å². The van der Waals surface area contributed by atoms with Crippen LogP contribution in [-0.2, 0) is 16.0 Å². The number of tetrazole rings is 1. The van der Waals surface area contributed by atoms with Gasteiger partial charge in [-0.15, -0.1) is 5.10 Å². The van der Waals surface area contributed by atoms with Gasteiger partial charge in [-0.25, -0.2) is 4.68 Å². The molecule has 140 valence electrons. The fourth-order valence-electron chi connectivity index (χ4n) is 4.61. The van der Waals surface area contributed by atoms with Crippen molar-refractivity contribution in [1.82, 2.24) is 25.1 Å².